The number of thioether (sulfide) groups is 1. The van der Waals surface area contributed by atoms with E-state index in [1.54, 1.807) is 0 Å². The quantitative estimate of drug-likeness (QED) is 0.900. The molecule has 2 aliphatic rings. The first-order chi connectivity index (χ1) is 9.72. The van der Waals surface area contributed by atoms with Crippen molar-refractivity contribution >= 4 is 29.2 Å². The van der Waals surface area contributed by atoms with Crippen LogP contribution in [0.2, 0.25) is 0 Å². The lowest BCUT2D eigenvalue weighted by atomic mass is 10.2. The third kappa shape index (κ3) is 3.39. The van der Waals surface area contributed by atoms with Gasteiger partial charge in [0, 0.05) is 42.0 Å². The van der Waals surface area contributed by atoms with Crippen LogP contribution < -0.4 is 15.5 Å². The van der Waals surface area contributed by atoms with Gasteiger partial charge in [0.15, 0.2) is 0 Å². The van der Waals surface area contributed by atoms with Crippen LogP contribution in [0.1, 0.15) is 13.3 Å². The minimum Gasteiger partial charge on any atom is -0.370 e. The number of hydrogen-bond donors (Lipinski definition) is 2. The van der Waals surface area contributed by atoms with E-state index in [4.69, 9.17) is 0 Å². The summed E-state index contributed by atoms with van der Waals surface area (Å²) >= 11 is 2.01. The molecule has 1 aromatic rings. The number of hydrogen-bond acceptors (Lipinski definition) is 3. The van der Waals surface area contributed by atoms with E-state index in [0.29, 0.717) is 12.0 Å². The van der Waals surface area contributed by atoms with Crippen LogP contribution in [0.25, 0.3) is 0 Å². The highest BCUT2D eigenvalue weighted by molar-refractivity contribution is 7.99. The third-order valence-corrected chi connectivity index (χ3v) is 4.87. The monoisotopic (exact) mass is 291 g/mol. The highest BCUT2D eigenvalue weighted by atomic mass is 32.2. The van der Waals surface area contributed by atoms with Crippen LogP contribution in [0.5, 0.6) is 0 Å². The number of carbonyl (C=O) groups excluding carboxylic acids is 1. The van der Waals surface area contributed by atoms with Gasteiger partial charge in [-0.25, -0.2) is 4.79 Å². The van der Waals surface area contributed by atoms with Crippen molar-refractivity contribution in [2.75, 3.05) is 34.8 Å². The Morgan fingerprint density at radius 1 is 1.25 bits per heavy atom. The molecule has 3 rings (SSSR count). The van der Waals surface area contributed by atoms with Crippen molar-refractivity contribution in [1.29, 1.82) is 0 Å². The fourth-order valence-corrected chi connectivity index (χ4v) is 3.34. The lowest BCUT2D eigenvalue weighted by molar-refractivity contribution is 0.251. The van der Waals surface area contributed by atoms with Gasteiger partial charge in [0.25, 0.3) is 0 Å². The van der Waals surface area contributed by atoms with Gasteiger partial charge in [0.2, 0.25) is 0 Å². The Bertz CT molecular complexity index is 471. The third-order valence-electron chi connectivity index (χ3n) is 3.93. The maximum absolute atomic E-state index is 11.8. The Kier molecular flexibility index (Phi) is 4.05. The normalized spacial score (nSPS) is 25.1. The molecule has 4 nitrogen and oxygen atoms in total. The highest BCUT2D eigenvalue weighted by Crippen LogP contribution is 2.29. The van der Waals surface area contributed by atoms with E-state index < -0.39 is 0 Å². The minimum absolute atomic E-state index is 0.0959. The van der Waals surface area contributed by atoms with Gasteiger partial charge in [-0.15, -0.1) is 0 Å². The Morgan fingerprint density at radius 3 is 2.50 bits per heavy atom. The van der Waals surface area contributed by atoms with E-state index in [-0.39, 0.29) is 6.03 Å². The summed E-state index contributed by atoms with van der Waals surface area (Å²) in [4.78, 5) is 14.2. The van der Waals surface area contributed by atoms with E-state index in [1.165, 1.54) is 17.2 Å². The molecule has 1 saturated heterocycles. The van der Waals surface area contributed by atoms with Gasteiger partial charge < -0.3 is 15.5 Å². The van der Waals surface area contributed by atoms with Crippen molar-refractivity contribution in [3.63, 3.8) is 0 Å². The van der Waals surface area contributed by atoms with Crippen LogP contribution >= 0.6 is 11.8 Å². The van der Waals surface area contributed by atoms with Crippen LogP contribution in [0, 0.1) is 5.92 Å². The molecule has 1 heterocycles. The number of nitrogens with zero attached hydrogens (tertiary/aromatic N) is 1. The zero-order chi connectivity index (χ0) is 13.9. The van der Waals surface area contributed by atoms with Crippen LogP contribution in [-0.4, -0.2) is 36.7 Å². The molecule has 5 heteroatoms. The zero-order valence-electron chi connectivity index (χ0n) is 11.8. The Labute approximate surface area is 124 Å². The molecule has 0 unspecified atom stereocenters. The minimum atomic E-state index is -0.0959. The number of rotatable bonds is 3. The van der Waals surface area contributed by atoms with Crippen molar-refractivity contribution < 1.29 is 4.79 Å². The Balaban J connectivity index is 1.54. The van der Waals surface area contributed by atoms with Gasteiger partial charge in [-0.1, -0.05) is 6.92 Å². The zero-order valence-corrected chi connectivity index (χ0v) is 12.6. The van der Waals surface area contributed by atoms with Gasteiger partial charge in [-0.2, -0.15) is 11.8 Å². The highest BCUT2D eigenvalue weighted by Gasteiger charge is 2.33. The molecular formula is C15H21N3OS. The molecule has 1 aliphatic carbocycles. The number of carbonyl (C=O) groups is 1. The molecule has 108 valence electrons. The summed E-state index contributed by atoms with van der Waals surface area (Å²) in [5.41, 5.74) is 2.10. The summed E-state index contributed by atoms with van der Waals surface area (Å²) in [7, 11) is 0. The lowest BCUT2D eigenvalue weighted by Crippen LogP contribution is -2.32. The van der Waals surface area contributed by atoms with Crippen molar-refractivity contribution in [3.8, 4) is 0 Å². The fraction of sp³-hybridized carbons (Fsp3) is 0.533. The van der Waals surface area contributed by atoms with Gasteiger partial charge in [0.05, 0.1) is 0 Å². The van der Waals surface area contributed by atoms with Gasteiger partial charge in [-0.3, -0.25) is 0 Å². The smallest absolute Gasteiger partial charge is 0.319 e. The second kappa shape index (κ2) is 5.95. The molecule has 1 aromatic carbocycles. The predicted octanol–water partition coefficient (Wildman–Crippen LogP) is 2.77. The molecule has 2 amide bonds. The molecule has 20 heavy (non-hydrogen) atoms. The maximum atomic E-state index is 11.8. The molecule has 2 atom stereocenters. The molecule has 2 N–H and O–H groups in total. The molecule has 1 saturated carbocycles. The Hall–Kier alpha value is -1.36. The molecular weight excluding hydrogens is 270 g/mol. The Morgan fingerprint density at radius 2 is 1.90 bits per heavy atom. The summed E-state index contributed by atoms with van der Waals surface area (Å²) in [5, 5.41) is 5.86. The summed E-state index contributed by atoms with van der Waals surface area (Å²) in [6, 6.07) is 8.40. The summed E-state index contributed by atoms with van der Waals surface area (Å²) < 4.78 is 0. The predicted molar refractivity (Wildman–Crippen MR) is 85.7 cm³/mol. The van der Waals surface area contributed by atoms with Crippen molar-refractivity contribution in [3.05, 3.63) is 24.3 Å². The number of urea groups is 1. The largest absolute Gasteiger partial charge is 0.370 e. The molecule has 0 radical (unpaired) electrons. The van der Waals surface area contributed by atoms with E-state index >= 15 is 0 Å². The average Bonchev–Trinajstić information content (AvgIpc) is 3.15. The first-order valence-electron chi connectivity index (χ1n) is 7.22. The molecule has 2 fully saturated rings. The number of nitrogens with one attached hydrogen (secondary N) is 2. The molecule has 0 spiro atoms. The van der Waals surface area contributed by atoms with Crippen molar-refractivity contribution in [2.24, 2.45) is 5.92 Å². The summed E-state index contributed by atoms with van der Waals surface area (Å²) in [6.45, 7) is 4.37. The molecule has 0 bridgehead atoms. The van der Waals surface area contributed by atoms with Gasteiger partial charge in [0.1, 0.15) is 0 Å². The van der Waals surface area contributed by atoms with E-state index in [1.807, 2.05) is 23.9 Å². The summed E-state index contributed by atoms with van der Waals surface area (Å²) in [6.07, 6.45) is 1.10. The lowest BCUT2D eigenvalue weighted by Gasteiger charge is -2.28. The summed E-state index contributed by atoms with van der Waals surface area (Å²) in [5.74, 6) is 3.02. The van der Waals surface area contributed by atoms with Crippen molar-refractivity contribution in [2.45, 2.75) is 19.4 Å². The second-order valence-corrected chi connectivity index (χ2v) is 6.79. The van der Waals surface area contributed by atoms with Crippen LogP contribution in [0.4, 0.5) is 16.2 Å². The first kappa shape index (κ1) is 13.6. The molecule has 1 aliphatic heterocycles. The SMILES string of the molecule is C[C@H]1C[C@H]1NC(=O)Nc1ccc(N2CCSCC2)cc1. The van der Waals surface area contributed by atoms with E-state index in [0.717, 1.165) is 25.2 Å². The molecule has 0 aromatic heterocycles. The van der Waals surface area contributed by atoms with Crippen LogP contribution in [0.3, 0.4) is 0 Å². The van der Waals surface area contributed by atoms with Crippen LogP contribution in [-0.2, 0) is 0 Å². The average molecular weight is 291 g/mol. The fourth-order valence-electron chi connectivity index (χ4n) is 2.44. The van der Waals surface area contributed by atoms with Crippen LogP contribution in [0.15, 0.2) is 24.3 Å². The second-order valence-electron chi connectivity index (χ2n) is 5.56. The number of benzene rings is 1. The topological polar surface area (TPSA) is 44.4 Å². The van der Waals surface area contributed by atoms with E-state index in [9.17, 15) is 4.79 Å². The van der Waals surface area contributed by atoms with Gasteiger partial charge >= 0.3 is 6.03 Å². The van der Waals surface area contributed by atoms with E-state index in [2.05, 4.69) is 34.6 Å². The standard InChI is InChI=1S/C15H21N3OS/c1-11-10-14(11)17-15(19)16-12-2-4-13(5-3-12)18-6-8-20-9-7-18/h2-5,11,14H,6-10H2,1H3,(H2,16,17,19)/t11-,14+/m0/s1. The number of anilines is 2. The van der Waals surface area contributed by atoms with Crippen molar-refractivity contribution in [1.82, 2.24) is 5.32 Å². The van der Waals surface area contributed by atoms with Gasteiger partial charge in [-0.05, 0) is 36.6 Å². The maximum Gasteiger partial charge on any atom is 0.319 e. The first-order valence-corrected chi connectivity index (χ1v) is 8.38. The number of amides is 2.